The number of rotatable bonds is 5. The molecule has 1 saturated heterocycles. The third kappa shape index (κ3) is 4.07. The lowest BCUT2D eigenvalue weighted by atomic mass is 10.1. The minimum absolute atomic E-state index is 0.0126. The van der Waals surface area contributed by atoms with Crippen molar-refractivity contribution in [2.24, 2.45) is 0 Å². The highest BCUT2D eigenvalue weighted by Crippen LogP contribution is 2.26. The lowest BCUT2D eigenvalue weighted by Gasteiger charge is -2.22. The number of carbonyl (C=O) groups is 1. The molecule has 116 valence electrons. The minimum atomic E-state index is -0.601. The van der Waals surface area contributed by atoms with Crippen LogP contribution in [0.4, 0.5) is 10.1 Å². The zero-order chi connectivity index (χ0) is 15.2. The molecule has 0 amide bonds. The molecular formula is C15H20FNO4. The summed E-state index contributed by atoms with van der Waals surface area (Å²) >= 11 is 0. The molecule has 1 heterocycles. The van der Waals surface area contributed by atoms with Gasteiger partial charge in [-0.3, -0.25) is 0 Å². The van der Waals surface area contributed by atoms with E-state index in [1.54, 1.807) is 6.92 Å². The zero-order valence-electron chi connectivity index (χ0n) is 12.1. The van der Waals surface area contributed by atoms with Crippen LogP contribution >= 0.6 is 0 Å². The standard InChI is InChI=1S/C15H20FNO4/c1-2-19-15(18)11-7-14(12(16)8-13(11)17)21-9-10-5-3-4-6-20-10/h7-8,10H,2-6,9,17H2,1H3. The number of nitrogen functional groups attached to an aromatic ring is 1. The van der Waals surface area contributed by atoms with Crippen LogP contribution < -0.4 is 10.5 Å². The Morgan fingerprint density at radius 1 is 1.48 bits per heavy atom. The molecule has 1 atom stereocenters. The van der Waals surface area contributed by atoms with Crippen molar-refractivity contribution in [3.63, 3.8) is 0 Å². The quantitative estimate of drug-likeness (QED) is 0.668. The van der Waals surface area contributed by atoms with Crippen LogP contribution in [0.25, 0.3) is 0 Å². The van der Waals surface area contributed by atoms with Crippen LogP contribution in [0.5, 0.6) is 5.75 Å². The van der Waals surface area contributed by atoms with E-state index in [4.69, 9.17) is 19.9 Å². The summed E-state index contributed by atoms with van der Waals surface area (Å²) < 4.78 is 29.7. The van der Waals surface area contributed by atoms with Gasteiger partial charge in [-0.2, -0.15) is 0 Å². The van der Waals surface area contributed by atoms with Crippen molar-refractivity contribution in [2.45, 2.75) is 32.3 Å². The first-order valence-electron chi connectivity index (χ1n) is 7.12. The molecule has 1 aromatic rings. The largest absolute Gasteiger partial charge is 0.488 e. The Balaban J connectivity index is 2.07. The van der Waals surface area contributed by atoms with Crippen LogP contribution in [0, 0.1) is 5.82 Å². The fraction of sp³-hybridized carbons (Fsp3) is 0.533. The fourth-order valence-electron chi connectivity index (χ4n) is 2.19. The molecule has 2 rings (SSSR count). The molecule has 0 radical (unpaired) electrons. The Kier molecular flexibility index (Phi) is 5.38. The number of halogens is 1. The highest BCUT2D eigenvalue weighted by atomic mass is 19.1. The number of ether oxygens (including phenoxy) is 3. The second kappa shape index (κ2) is 7.26. The third-order valence-electron chi connectivity index (χ3n) is 3.30. The van der Waals surface area contributed by atoms with Gasteiger partial charge in [0.1, 0.15) is 6.61 Å². The van der Waals surface area contributed by atoms with Crippen LogP contribution in [0.2, 0.25) is 0 Å². The summed E-state index contributed by atoms with van der Waals surface area (Å²) in [5, 5.41) is 0. The molecule has 0 bridgehead atoms. The average Bonchev–Trinajstić information content (AvgIpc) is 2.47. The topological polar surface area (TPSA) is 70.8 Å². The van der Waals surface area contributed by atoms with Crippen LogP contribution in [0.15, 0.2) is 12.1 Å². The van der Waals surface area contributed by atoms with E-state index in [1.165, 1.54) is 6.07 Å². The second-order valence-corrected chi connectivity index (χ2v) is 4.89. The lowest BCUT2D eigenvalue weighted by Crippen LogP contribution is -2.26. The number of nitrogens with two attached hydrogens (primary N) is 1. The molecule has 0 aliphatic carbocycles. The highest BCUT2D eigenvalue weighted by molar-refractivity contribution is 5.95. The molecule has 2 N–H and O–H groups in total. The maximum Gasteiger partial charge on any atom is 0.340 e. The van der Waals surface area contributed by atoms with Gasteiger partial charge in [-0.05, 0) is 32.3 Å². The molecule has 6 heteroatoms. The lowest BCUT2D eigenvalue weighted by molar-refractivity contribution is -0.0117. The molecule has 0 saturated carbocycles. The summed E-state index contributed by atoms with van der Waals surface area (Å²) in [4.78, 5) is 11.7. The third-order valence-corrected chi connectivity index (χ3v) is 3.30. The van der Waals surface area contributed by atoms with Crippen molar-refractivity contribution in [1.82, 2.24) is 0 Å². The number of esters is 1. The maximum absolute atomic E-state index is 13.8. The highest BCUT2D eigenvalue weighted by Gasteiger charge is 2.19. The van der Waals surface area contributed by atoms with Gasteiger partial charge in [-0.15, -0.1) is 0 Å². The van der Waals surface area contributed by atoms with E-state index >= 15 is 0 Å². The predicted octanol–water partition coefficient (Wildman–Crippen LogP) is 2.53. The number of benzene rings is 1. The van der Waals surface area contributed by atoms with Gasteiger partial charge in [0.05, 0.1) is 18.3 Å². The Morgan fingerprint density at radius 2 is 2.29 bits per heavy atom. The number of anilines is 1. The first-order chi connectivity index (χ1) is 10.1. The van der Waals surface area contributed by atoms with Crippen molar-refractivity contribution >= 4 is 11.7 Å². The second-order valence-electron chi connectivity index (χ2n) is 4.89. The van der Waals surface area contributed by atoms with Gasteiger partial charge >= 0.3 is 5.97 Å². The molecule has 1 aromatic carbocycles. The predicted molar refractivity (Wildman–Crippen MR) is 75.9 cm³/mol. The first-order valence-corrected chi connectivity index (χ1v) is 7.12. The van der Waals surface area contributed by atoms with E-state index in [1.807, 2.05) is 0 Å². The molecule has 1 aliphatic heterocycles. The zero-order valence-corrected chi connectivity index (χ0v) is 12.1. The van der Waals surface area contributed by atoms with Gasteiger partial charge in [0.15, 0.2) is 11.6 Å². The summed E-state index contributed by atoms with van der Waals surface area (Å²) in [6.45, 7) is 2.87. The summed E-state index contributed by atoms with van der Waals surface area (Å²) in [5.74, 6) is -1.20. The van der Waals surface area contributed by atoms with Crippen molar-refractivity contribution in [3.8, 4) is 5.75 Å². The number of carbonyl (C=O) groups excluding carboxylic acids is 1. The Morgan fingerprint density at radius 3 is 2.95 bits per heavy atom. The van der Waals surface area contributed by atoms with Gasteiger partial charge in [-0.25, -0.2) is 9.18 Å². The van der Waals surface area contributed by atoms with Crippen molar-refractivity contribution in [2.75, 3.05) is 25.6 Å². The smallest absolute Gasteiger partial charge is 0.340 e. The van der Waals surface area contributed by atoms with E-state index in [0.717, 1.165) is 25.3 Å². The van der Waals surface area contributed by atoms with Crippen LogP contribution in [-0.4, -0.2) is 31.9 Å². The minimum Gasteiger partial charge on any atom is -0.488 e. The summed E-state index contributed by atoms with van der Waals surface area (Å²) in [6.07, 6.45) is 2.97. The molecule has 0 aromatic heterocycles. The molecule has 1 fully saturated rings. The first kappa shape index (κ1) is 15.6. The maximum atomic E-state index is 13.8. The summed E-state index contributed by atoms with van der Waals surface area (Å²) in [7, 11) is 0. The Bertz CT molecular complexity index is 501. The Labute approximate surface area is 123 Å². The van der Waals surface area contributed by atoms with Crippen molar-refractivity contribution in [3.05, 3.63) is 23.5 Å². The van der Waals surface area contributed by atoms with Crippen LogP contribution in [0.3, 0.4) is 0 Å². The molecule has 0 spiro atoms. The van der Waals surface area contributed by atoms with Crippen molar-refractivity contribution < 1.29 is 23.4 Å². The average molecular weight is 297 g/mol. The molecule has 21 heavy (non-hydrogen) atoms. The van der Waals surface area contributed by atoms with Crippen LogP contribution in [-0.2, 0) is 9.47 Å². The Hall–Kier alpha value is -1.82. The van der Waals surface area contributed by atoms with Gasteiger partial charge in [-0.1, -0.05) is 0 Å². The van der Waals surface area contributed by atoms with Gasteiger partial charge in [0.2, 0.25) is 0 Å². The fourth-order valence-corrected chi connectivity index (χ4v) is 2.19. The van der Waals surface area contributed by atoms with Gasteiger partial charge in [0.25, 0.3) is 0 Å². The van der Waals surface area contributed by atoms with E-state index in [2.05, 4.69) is 0 Å². The van der Waals surface area contributed by atoms with E-state index < -0.39 is 11.8 Å². The van der Waals surface area contributed by atoms with E-state index in [-0.39, 0.29) is 36.3 Å². The molecular weight excluding hydrogens is 277 g/mol. The van der Waals surface area contributed by atoms with Crippen molar-refractivity contribution in [1.29, 1.82) is 0 Å². The van der Waals surface area contributed by atoms with Crippen LogP contribution in [0.1, 0.15) is 36.5 Å². The summed E-state index contributed by atoms with van der Waals surface area (Å²) in [5.41, 5.74) is 5.78. The van der Waals surface area contributed by atoms with Gasteiger partial charge < -0.3 is 19.9 Å². The molecule has 1 unspecified atom stereocenters. The van der Waals surface area contributed by atoms with E-state index in [0.29, 0.717) is 6.61 Å². The monoisotopic (exact) mass is 297 g/mol. The molecule has 5 nitrogen and oxygen atoms in total. The van der Waals surface area contributed by atoms with E-state index in [9.17, 15) is 9.18 Å². The summed E-state index contributed by atoms with van der Waals surface area (Å²) in [6, 6.07) is 2.36. The molecule has 1 aliphatic rings. The number of hydrogen-bond donors (Lipinski definition) is 1. The number of hydrogen-bond acceptors (Lipinski definition) is 5. The normalized spacial score (nSPS) is 18.3. The van der Waals surface area contributed by atoms with Gasteiger partial charge in [0, 0.05) is 18.4 Å². The SMILES string of the molecule is CCOC(=O)c1cc(OCC2CCCCO2)c(F)cc1N.